The molecule has 4 heteroatoms. The van der Waals surface area contributed by atoms with Crippen molar-refractivity contribution in [1.82, 2.24) is 4.90 Å². The normalized spacial score (nSPS) is 16.6. The highest BCUT2D eigenvalue weighted by atomic mass is 35.5. The van der Waals surface area contributed by atoms with Crippen molar-refractivity contribution in [2.45, 2.75) is 32.6 Å². The first-order valence-corrected chi connectivity index (χ1v) is 7.27. The number of halogens is 1. The van der Waals surface area contributed by atoms with Gasteiger partial charge in [-0.05, 0) is 37.0 Å². The first-order valence-electron chi connectivity index (χ1n) is 6.89. The Hall–Kier alpha value is -1.22. The van der Waals surface area contributed by atoms with Crippen LogP contribution in [0.15, 0.2) is 18.2 Å². The standard InChI is InChI=1S/C15H20ClNO2/c1-2-3-11-6-8-17(9-7-11)15(19)12-4-5-14(18)13(16)10-12/h4-5,10-11,18H,2-3,6-9H2,1H3. The summed E-state index contributed by atoms with van der Waals surface area (Å²) in [5.41, 5.74) is 0.553. The van der Waals surface area contributed by atoms with E-state index >= 15 is 0 Å². The third-order valence-electron chi connectivity index (χ3n) is 3.79. The molecule has 1 aliphatic heterocycles. The topological polar surface area (TPSA) is 40.5 Å². The smallest absolute Gasteiger partial charge is 0.253 e. The van der Waals surface area contributed by atoms with E-state index in [-0.39, 0.29) is 16.7 Å². The molecular weight excluding hydrogens is 262 g/mol. The van der Waals surface area contributed by atoms with Crippen LogP contribution in [0.3, 0.4) is 0 Å². The highest BCUT2D eigenvalue weighted by Crippen LogP contribution is 2.26. The number of rotatable bonds is 3. The highest BCUT2D eigenvalue weighted by molar-refractivity contribution is 6.32. The fourth-order valence-electron chi connectivity index (χ4n) is 2.66. The Labute approximate surface area is 119 Å². The molecule has 1 amide bonds. The Balaban J connectivity index is 1.99. The summed E-state index contributed by atoms with van der Waals surface area (Å²) in [7, 11) is 0. The third kappa shape index (κ3) is 3.41. The largest absolute Gasteiger partial charge is 0.506 e. The van der Waals surface area contributed by atoms with Crippen molar-refractivity contribution in [1.29, 1.82) is 0 Å². The molecule has 0 aliphatic carbocycles. The van der Waals surface area contributed by atoms with Crippen molar-refractivity contribution in [2.75, 3.05) is 13.1 Å². The number of phenolic OH excluding ortho intramolecular Hbond substituents is 1. The van der Waals surface area contributed by atoms with E-state index in [9.17, 15) is 9.90 Å². The number of carbonyl (C=O) groups excluding carboxylic acids is 1. The van der Waals surface area contributed by atoms with Gasteiger partial charge in [0.1, 0.15) is 5.75 Å². The SMILES string of the molecule is CCCC1CCN(C(=O)c2ccc(O)c(Cl)c2)CC1. The molecule has 0 bridgehead atoms. The lowest BCUT2D eigenvalue weighted by Crippen LogP contribution is -2.38. The van der Waals surface area contributed by atoms with Crippen LogP contribution < -0.4 is 0 Å². The van der Waals surface area contributed by atoms with Crippen LogP contribution in [0, 0.1) is 5.92 Å². The van der Waals surface area contributed by atoms with Gasteiger partial charge in [-0.15, -0.1) is 0 Å². The molecule has 0 spiro atoms. The van der Waals surface area contributed by atoms with Crippen LogP contribution in [0.1, 0.15) is 43.0 Å². The summed E-state index contributed by atoms with van der Waals surface area (Å²) in [6.45, 7) is 3.85. The molecule has 1 fully saturated rings. The fraction of sp³-hybridized carbons (Fsp3) is 0.533. The molecule has 0 aromatic heterocycles. The molecule has 2 rings (SSSR count). The van der Waals surface area contributed by atoms with Crippen molar-refractivity contribution in [3.8, 4) is 5.75 Å². The van der Waals surface area contributed by atoms with Gasteiger partial charge in [0.05, 0.1) is 5.02 Å². The zero-order valence-electron chi connectivity index (χ0n) is 11.2. The minimum Gasteiger partial charge on any atom is -0.506 e. The van der Waals surface area contributed by atoms with Gasteiger partial charge in [-0.2, -0.15) is 0 Å². The number of hydrogen-bond donors (Lipinski definition) is 1. The average Bonchev–Trinajstić information content (AvgIpc) is 2.42. The maximum atomic E-state index is 12.3. The first-order chi connectivity index (χ1) is 9.11. The van der Waals surface area contributed by atoms with Gasteiger partial charge in [0.2, 0.25) is 0 Å². The molecule has 1 aromatic carbocycles. The van der Waals surface area contributed by atoms with Gasteiger partial charge in [0.25, 0.3) is 5.91 Å². The zero-order chi connectivity index (χ0) is 13.8. The second-order valence-electron chi connectivity index (χ2n) is 5.19. The van der Waals surface area contributed by atoms with E-state index in [2.05, 4.69) is 6.92 Å². The summed E-state index contributed by atoms with van der Waals surface area (Å²) in [6, 6.07) is 4.64. The zero-order valence-corrected chi connectivity index (χ0v) is 12.0. The second-order valence-corrected chi connectivity index (χ2v) is 5.60. The van der Waals surface area contributed by atoms with Gasteiger partial charge in [0.15, 0.2) is 0 Å². The van der Waals surface area contributed by atoms with Crippen molar-refractivity contribution in [2.24, 2.45) is 5.92 Å². The fourth-order valence-corrected chi connectivity index (χ4v) is 2.84. The molecule has 1 N–H and O–H groups in total. The number of hydrogen-bond acceptors (Lipinski definition) is 2. The van der Waals surface area contributed by atoms with Crippen LogP contribution in [0.2, 0.25) is 5.02 Å². The van der Waals surface area contributed by atoms with Crippen LogP contribution in [-0.4, -0.2) is 29.0 Å². The maximum Gasteiger partial charge on any atom is 0.253 e. The van der Waals surface area contributed by atoms with Crippen molar-refractivity contribution in [3.63, 3.8) is 0 Å². The molecule has 1 saturated heterocycles. The third-order valence-corrected chi connectivity index (χ3v) is 4.10. The number of carbonyl (C=O) groups is 1. The van der Waals surface area contributed by atoms with Gasteiger partial charge in [-0.1, -0.05) is 31.4 Å². The number of aromatic hydroxyl groups is 1. The number of benzene rings is 1. The molecule has 0 unspecified atom stereocenters. The molecule has 0 atom stereocenters. The van der Waals surface area contributed by atoms with E-state index < -0.39 is 0 Å². The van der Waals surface area contributed by atoms with Crippen molar-refractivity contribution < 1.29 is 9.90 Å². The summed E-state index contributed by atoms with van der Waals surface area (Å²) >= 11 is 5.84. The van der Waals surface area contributed by atoms with E-state index in [1.807, 2.05) is 4.90 Å². The molecule has 19 heavy (non-hydrogen) atoms. The molecule has 1 aromatic rings. The van der Waals surface area contributed by atoms with Gasteiger partial charge in [0, 0.05) is 18.7 Å². The van der Waals surface area contributed by atoms with Crippen LogP contribution in [-0.2, 0) is 0 Å². The molecule has 1 aliphatic rings. The molecule has 104 valence electrons. The van der Waals surface area contributed by atoms with E-state index in [1.54, 1.807) is 6.07 Å². The lowest BCUT2D eigenvalue weighted by atomic mass is 9.92. The van der Waals surface area contributed by atoms with E-state index in [0.717, 1.165) is 31.8 Å². The molecular formula is C15H20ClNO2. The van der Waals surface area contributed by atoms with E-state index in [4.69, 9.17) is 11.6 Å². The predicted molar refractivity (Wildman–Crippen MR) is 76.7 cm³/mol. The molecule has 0 saturated carbocycles. The minimum atomic E-state index is 0.0110. The predicted octanol–water partition coefficient (Wildman–Crippen LogP) is 3.70. The summed E-state index contributed by atoms with van der Waals surface area (Å²) in [6.07, 6.45) is 4.65. The maximum absolute atomic E-state index is 12.3. The molecule has 1 heterocycles. The van der Waals surface area contributed by atoms with Crippen LogP contribution in [0.5, 0.6) is 5.75 Å². The van der Waals surface area contributed by atoms with Crippen molar-refractivity contribution in [3.05, 3.63) is 28.8 Å². The van der Waals surface area contributed by atoms with E-state index in [0.29, 0.717) is 5.56 Å². The quantitative estimate of drug-likeness (QED) is 0.918. The number of phenols is 1. The van der Waals surface area contributed by atoms with Crippen LogP contribution in [0.25, 0.3) is 0 Å². The summed E-state index contributed by atoms with van der Waals surface area (Å²) < 4.78 is 0. The lowest BCUT2D eigenvalue weighted by Gasteiger charge is -2.32. The number of piperidine rings is 1. The average molecular weight is 282 g/mol. The van der Waals surface area contributed by atoms with E-state index in [1.165, 1.54) is 25.0 Å². The Morgan fingerprint density at radius 1 is 1.42 bits per heavy atom. The van der Waals surface area contributed by atoms with Gasteiger partial charge >= 0.3 is 0 Å². The molecule has 3 nitrogen and oxygen atoms in total. The van der Waals surface area contributed by atoms with Gasteiger partial charge < -0.3 is 10.0 Å². The monoisotopic (exact) mass is 281 g/mol. The second kappa shape index (κ2) is 6.29. The highest BCUT2D eigenvalue weighted by Gasteiger charge is 2.23. The number of amides is 1. The summed E-state index contributed by atoms with van der Waals surface area (Å²) in [5, 5.41) is 9.60. The Morgan fingerprint density at radius 3 is 2.68 bits per heavy atom. The minimum absolute atomic E-state index is 0.0110. The van der Waals surface area contributed by atoms with Crippen molar-refractivity contribution >= 4 is 17.5 Å². The van der Waals surface area contributed by atoms with Crippen LogP contribution in [0.4, 0.5) is 0 Å². The summed E-state index contributed by atoms with van der Waals surface area (Å²) in [4.78, 5) is 14.2. The van der Waals surface area contributed by atoms with Crippen LogP contribution >= 0.6 is 11.6 Å². The number of likely N-dealkylation sites (tertiary alicyclic amines) is 1. The number of nitrogens with zero attached hydrogens (tertiary/aromatic N) is 1. The Morgan fingerprint density at radius 2 is 2.11 bits per heavy atom. The van der Waals surface area contributed by atoms with Gasteiger partial charge in [-0.3, -0.25) is 4.79 Å². The molecule has 0 radical (unpaired) electrons. The lowest BCUT2D eigenvalue weighted by molar-refractivity contribution is 0.0686. The van der Waals surface area contributed by atoms with Gasteiger partial charge in [-0.25, -0.2) is 0 Å². The Bertz CT molecular complexity index is 453. The Kier molecular flexibility index (Phi) is 4.70. The summed E-state index contributed by atoms with van der Waals surface area (Å²) in [5.74, 6) is 0.786. The first kappa shape index (κ1) is 14.2.